The van der Waals surface area contributed by atoms with Crippen molar-refractivity contribution in [2.45, 2.75) is 39.7 Å². The zero-order valence-corrected chi connectivity index (χ0v) is 16.4. The lowest BCUT2D eigenvalue weighted by Crippen LogP contribution is -2.51. The Morgan fingerprint density at radius 3 is 2.70 bits per heavy atom. The Kier molecular flexibility index (Phi) is 6.71. The third kappa shape index (κ3) is 5.22. The van der Waals surface area contributed by atoms with E-state index in [-0.39, 0.29) is 17.9 Å². The van der Waals surface area contributed by atoms with Crippen molar-refractivity contribution in [2.75, 3.05) is 45.9 Å². The second kappa shape index (κ2) is 9.21. The highest BCUT2D eigenvalue weighted by molar-refractivity contribution is 5.81. The number of rotatable bonds is 5. The SMILES string of the molecule is Cc1cc(C)n(CCCNC(=O)N2CCC[C@H](C(=O)N3CCOCC3)C2)n1. The van der Waals surface area contributed by atoms with Gasteiger partial charge in [0.1, 0.15) is 0 Å². The molecule has 27 heavy (non-hydrogen) atoms. The van der Waals surface area contributed by atoms with Crippen LogP contribution in [0.25, 0.3) is 0 Å². The van der Waals surface area contributed by atoms with Gasteiger partial charge >= 0.3 is 6.03 Å². The lowest BCUT2D eigenvalue weighted by atomic mass is 9.96. The van der Waals surface area contributed by atoms with Gasteiger partial charge in [-0.1, -0.05) is 0 Å². The highest BCUT2D eigenvalue weighted by Gasteiger charge is 2.31. The summed E-state index contributed by atoms with van der Waals surface area (Å²) in [5.74, 6) is 0.0811. The molecular formula is C19H31N5O3. The summed E-state index contributed by atoms with van der Waals surface area (Å²) in [6.45, 7) is 9.19. The Labute approximate surface area is 160 Å². The molecule has 1 aromatic heterocycles. The topological polar surface area (TPSA) is 79.7 Å². The lowest BCUT2D eigenvalue weighted by Gasteiger charge is -2.36. The Hall–Kier alpha value is -2.09. The summed E-state index contributed by atoms with van der Waals surface area (Å²) in [7, 11) is 0. The monoisotopic (exact) mass is 377 g/mol. The van der Waals surface area contributed by atoms with Crippen molar-refractivity contribution >= 4 is 11.9 Å². The number of likely N-dealkylation sites (tertiary alicyclic amines) is 1. The Bertz CT molecular complexity index is 654. The fourth-order valence-electron chi connectivity index (χ4n) is 3.84. The second-order valence-corrected chi connectivity index (χ2v) is 7.46. The minimum Gasteiger partial charge on any atom is -0.378 e. The zero-order chi connectivity index (χ0) is 19.2. The number of amides is 3. The van der Waals surface area contributed by atoms with Crippen molar-refractivity contribution in [3.63, 3.8) is 0 Å². The maximum atomic E-state index is 12.7. The van der Waals surface area contributed by atoms with E-state index in [0.29, 0.717) is 39.4 Å². The molecule has 0 bridgehead atoms. The van der Waals surface area contributed by atoms with Gasteiger partial charge in [0, 0.05) is 45.0 Å². The number of carbonyl (C=O) groups is 2. The molecule has 2 fully saturated rings. The van der Waals surface area contributed by atoms with Gasteiger partial charge in [-0.25, -0.2) is 4.79 Å². The lowest BCUT2D eigenvalue weighted by molar-refractivity contribution is -0.141. The van der Waals surface area contributed by atoms with Crippen LogP contribution in [0.3, 0.4) is 0 Å². The molecule has 1 aromatic rings. The third-order valence-corrected chi connectivity index (χ3v) is 5.31. The van der Waals surface area contributed by atoms with Crippen LogP contribution in [0, 0.1) is 19.8 Å². The molecule has 0 aliphatic carbocycles. The minimum absolute atomic E-state index is 0.0668. The number of ether oxygens (including phenoxy) is 1. The molecule has 0 spiro atoms. The summed E-state index contributed by atoms with van der Waals surface area (Å²) in [6, 6.07) is 1.99. The highest BCUT2D eigenvalue weighted by atomic mass is 16.5. The van der Waals surface area contributed by atoms with Gasteiger partial charge in [0.2, 0.25) is 5.91 Å². The van der Waals surface area contributed by atoms with Crippen LogP contribution in [0.2, 0.25) is 0 Å². The average molecular weight is 377 g/mol. The van der Waals surface area contributed by atoms with Gasteiger partial charge in [-0.15, -0.1) is 0 Å². The third-order valence-electron chi connectivity index (χ3n) is 5.31. The van der Waals surface area contributed by atoms with Crippen LogP contribution in [0.15, 0.2) is 6.07 Å². The molecule has 3 heterocycles. The van der Waals surface area contributed by atoms with E-state index in [9.17, 15) is 9.59 Å². The fraction of sp³-hybridized carbons (Fsp3) is 0.737. The van der Waals surface area contributed by atoms with Gasteiger partial charge in [0.05, 0.1) is 24.8 Å². The van der Waals surface area contributed by atoms with E-state index < -0.39 is 0 Å². The molecule has 8 nitrogen and oxygen atoms in total. The number of nitrogens with zero attached hydrogens (tertiary/aromatic N) is 4. The number of piperidine rings is 1. The predicted molar refractivity (Wildman–Crippen MR) is 101 cm³/mol. The molecule has 0 radical (unpaired) electrons. The number of aromatic nitrogens is 2. The first-order valence-corrected chi connectivity index (χ1v) is 9.95. The Morgan fingerprint density at radius 2 is 2.00 bits per heavy atom. The molecule has 2 saturated heterocycles. The summed E-state index contributed by atoms with van der Waals surface area (Å²) < 4.78 is 7.29. The zero-order valence-electron chi connectivity index (χ0n) is 16.4. The van der Waals surface area contributed by atoms with Gasteiger partial charge in [0.15, 0.2) is 0 Å². The van der Waals surface area contributed by atoms with E-state index in [1.807, 2.05) is 23.4 Å². The average Bonchev–Trinajstić information content (AvgIpc) is 3.02. The molecule has 3 rings (SSSR count). The van der Waals surface area contributed by atoms with Gasteiger partial charge in [-0.3, -0.25) is 9.48 Å². The minimum atomic E-state index is -0.0858. The summed E-state index contributed by atoms with van der Waals surface area (Å²) in [5, 5.41) is 7.42. The molecular weight excluding hydrogens is 346 g/mol. The first-order chi connectivity index (χ1) is 13.0. The fourth-order valence-corrected chi connectivity index (χ4v) is 3.84. The van der Waals surface area contributed by atoms with Crippen LogP contribution < -0.4 is 5.32 Å². The van der Waals surface area contributed by atoms with Crippen LogP contribution in [0.4, 0.5) is 4.79 Å². The molecule has 2 aliphatic heterocycles. The van der Waals surface area contributed by atoms with Gasteiger partial charge in [-0.05, 0) is 39.2 Å². The number of morpholine rings is 1. The normalized spacial score (nSPS) is 20.6. The maximum Gasteiger partial charge on any atom is 0.317 e. The summed E-state index contributed by atoms with van der Waals surface area (Å²) in [5.41, 5.74) is 2.15. The summed E-state index contributed by atoms with van der Waals surface area (Å²) >= 11 is 0. The molecule has 0 unspecified atom stereocenters. The van der Waals surface area contributed by atoms with Crippen LogP contribution in [-0.4, -0.2) is 77.5 Å². The molecule has 0 aromatic carbocycles. The first-order valence-electron chi connectivity index (χ1n) is 9.95. The van der Waals surface area contributed by atoms with E-state index >= 15 is 0 Å². The summed E-state index contributed by atoms with van der Waals surface area (Å²) in [4.78, 5) is 28.8. The molecule has 2 aliphatic rings. The number of urea groups is 1. The number of carbonyl (C=O) groups excluding carboxylic acids is 2. The van der Waals surface area contributed by atoms with Crippen LogP contribution >= 0.6 is 0 Å². The van der Waals surface area contributed by atoms with E-state index in [1.54, 1.807) is 4.90 Å². The predicted octanol–water partition coefficient (Wildman–Crippen LogP) is 1.17. The number of hydrogen-bond donors (Lipinski definition) is 1. The van der Waals surface area contributed by atoms with Gasteiger partial charge in [-0.2, -0.15) is 5.10 Å². The molecule has 1 N–H and O–H groups in total. The van der Waals surface area contributed by atoms with E-state index in [2.05, 4.69) is 16.5 Å². The van der Waals surface area contributed by atoms with Crippen LogP contribution in [0.1, 0.15) is 30.7 Å². The van der Waals surface area contributed by atoms with Gasteiger partial charge in [0.25, 0.3) is 0 Å². The maximum absolute atomic E-state index is 12.7. The van der Waals surface area contributed by atoms with Crippen molar-refractivity contribution in [2.24, 2.45) is 5.92 Å². The molecule has 1 atom stereocenters. The van der Waals surface area contributed by atoms with Crippen LogP contribution in [0.5, 0.6) is 0 Å². The standard InChI is InChI=1S/C19H31N5O3/c1-15-13-16(2)24(21-15)8-4-6-20-19(26)23-7-3-5-17(14-23)18(25)22-9-11-27-12-10-22/h13,17H,3-12,14H2,1-2H3,(H,20,26)/t17-/m0/s1. The Morgan fingerprint density at radius 1 is 1.22 bits per heavy atom. The van der Waals surface area contributed by atoms with Crippen molar-refractivity contribution in [1.29, 1.82) is 0 Å². The largest absolute Gasteiger partial charge is 0.378 e. The van der Waals surface area contributed by atoms with Gasteiger partial charge < -0.3 is 19.9 Å². The molecule has 8 heteroatoms. The van der Waals surface area contributed by atoms with Crippen molar-refractivity contribution in [3.8, 4) is 0 Å². The molecule has 0 saturated carbocycles. The van der Waals surface area contributed by atoms with E-state index in [0.717, 1.165) is 43.7 Å². The van der Waals surface area contributed by atoms with Crippen molar-refractivity contribution in [3.05, 3.63) is 17.5 Å². The van der Waals surface area contributed by atoms with Crippen molar-refractivity contribution < 1.29 is 14.3 Å². The summed E-state index contributed by atoms with van der Waals surface area (Å²) in [6.07, 6.45) is 2.56. The quantitative estimate of drug-likeness (QED) is 0.781. The van der Waals surface area contributed by atoms with Crippen LogP contribution in [-0.2, 0) is 16.1 Å². The molecule has 3 amide bonds. The number of hydrogen-bond acceptors (Lipinski definition) is 4. The number of aryl methyl sites for hydroxylation is 3. The first kappa shape index (κ1) is 19.7. The van der Waals surface area contributed by atoms with E-state index in [1.165, 1.54) is 0 Å². The molecule has 150 valence electrons. The Balaban J connectivity index is 1.41. The van der Waals surface area contributed by atoms with E-state index in [4.69, 9.17) is 4.74 Å². The number of nitrogens with one attached hydrogen (secondary N) is 1. The van der Waals surface area contributed by atoms with Crippen molar-refractivity contribution in [1.82, 2.24) is 24.9 Å². The smallest absolute Gasteiger partial charge is 0.317 e. The second-order valence-electron chi connectivity index (χ2n) is 7.46. The highest BCUT2D eigenvalue weighted by Crippen LogP contribution is 2.19.